The highest BCUT2D eigenvalue weighted by molar-refractivity contribution is 6.02. The molecule has 1 aromatic heterocycles. The number of anilines is 1. The minimum absolute atomic E-state index is 0.136. The number of halogens is 1. The van der Waals surface area contributed by atoms with Gasteiger partial charge in [0.25, 0.3) is 5.91 Å². The minimum Gasteiger partial charge on any atom is -0.473 e. The number of hydrogen-bond acceptors (Lipinski definition) is 4. The Kier molecular flexibility index (Phi) is 4.76. The van der Waals surface area contributed by atoms with E-state index in [0.717, 1.165) is 5.56 Å². The van der Waals surface area contributed by atoms with Gasteiger partial charge in [-0.25, -0.2) is 14.4 Å². The van der Waals surface area contributed by atoms with E-state index in [1.165, 1.54) is 30.6 Å². The van der Waals surface area contributed by atoms with Crippen molar-refractivity contribution in [2.75, 3.05) is 5.32 Å². The van der Waals surface area contributed by atoms with Gasteiger partial charge in [0, 0.05) is 11.8 Å². The second kappa shape index (κ2) is 7.32. The van der Waals surface area contributed by atoms with E-state index in [1.807, 2.05) is 30.3 Å². The highest BCUT2D eigenvalue weighted by Crippen LogP contribution is 2.13. The first-order chi connectivity index (χ1) is 11.7. The van der Waals surface area contributed by atoms with E-state index in [0.29, 0.717) is 18.2 Å². The number of benzene rings is 2. The molecule has 0 aliphatic carbocycles. The minimum atomic E-state index is -0.465. The Balaban J connectivity index is 1.67. The van der Waals surface area contributed by atoms with Crippen LogP contribution in [-0.4, -0.2) is 15.9 Å². The van der Waals surface area contributed by atoms with Crippen LogP contribution in [0.4, 0.5) is 10.1 Å². The van der Waals surface area contributed by atoms with Crippen LogP contribution in [0, 0.1) is 5.82 Å². The van der Waals surface area contributed by atoms with Crippen LogP contribution >= 0.6 is 0 Å². The van der Waals surface area contributed by atoms with Gasteiger partial charge in [0.1, 0.15) is 24.4 Å². The zero-order chi connectivity index (χ0) is 16.8. The number of ether oxygens (including phenoxy) is 1. The Hall–Kier alpha value is -3.28. The van der Waals surface area contributed by atoms with E-state index in [9.17, 15) is 9.18 Å². The lowest BCUT2D eigenvalue weighted by Gasteiger charge is -2.07. The van der Waals surface area contributed by atoms with Crippen molar-refractivity contribution in [3.63, 3.8) is 0 Å². The topological polar surface area (TPSA) is 64.1 Å². The third-order valence-electron chi connectivity index (χ3n) is 3.19. The molecule has 0 aliphatic heterocycles. The maximum atomic E-state index is 13.1. The molecule has 1 heterocycles. The predicted octanol–water partition coefficient (Wildman–Crippen LogP) is 3.45. The lowest BCUT2D eigenvalue weighted by atomic mass is 10.2. The molecule has 0 atom stereocenters. The molecule has 2 aromatic carbocycles. The first kappa shape index (κ1) is 15.6. The average Bonchev–Trinajstić information content (AvgIpc) is 2.61. The summed E-state index contributed by atoms with van der Waals surface area (Å²) in [7, 11) is 0. The SMILES string of the molecule is O=C(Nc1cccc(F)c1)c1cc(OCc2ccccc2)ncn1. The van der Waals surface area contributed by atoms with E-state index in [1.54, 1.807) is 6.07 Å². The molecular weight excluding hydrogens is 309 g/mol. The average molecular weight is 323 g/mol. The molecule has 0 bridgehead atoms. The molecule has 0 fully saturated rings. The molecule has 1 N–H and O–H groups in total. The molecule has 5 nitrogen and oxygen atoms in total. The Morgan fingerprint density at radius 3 is 2.67 bits per heavy atom. The van der Waals surface area contributed by atoms with E-state index in [2.05, 4.69) is 15.3 Å². The molecule has 3 rings (SSSR count). The van der Waals surface area contributed by atoms with Gasteiger partial charge in [-0.05, 0) is 23.8 Å². The van der Waals surface area contributed by atoms with Crippen molar-refractivity contribution >= 4 is 11.6 Å². The molecule has 0 radical (unpaired) electrons. The molecular formula is C18H14FN3O2. The maximum absolute atomic E-state index is 13.1. The van der Waals surface area contributed by atoms with Gasteiger partial charge in [0.05, 0.1) is 0 Å². The zero-order valence-corrected chi connectivity index (χ0v) is 12.6. The number of rotatable bonds is 5. The monoisotopic (exact) mass is 323 g/mol. The van der Waals surface area contributed by atoms with Gasteiger partial charge in [0.15, 0.2) is 0 Å². The molecule has 0 saturated heterocycles. The third-order valence-corrected chi connectivity index (χ3v) is 3.19. The van der Waals surface area contributed by atoms with E-state index >= 15 is 0 Å². The van der Waals surface area contributed by atoms with Gasteiger partial charge in [-0.15, -0.1) is 0 Å². The molecule has 0 aliphatic rings. The fourth-order valence-corrected chi connectivity index (χ4v) is 2.04. The second-order valence-electron chi connectivity index (χ2n) is 4.98. The molecule has 0 saturated carbocycles. The second-order valence-corrected chi connectivity index (χ2v) is 4.98. The van der Waals surface area contributed by atoms with Crippen LogP contribution in [0.15, 0.2) is 67.0 Å². The zero-order valence-electron chi connectivity index (χ0n) is 12.6. The first-order valence-corrected chi connectivity index (χ1v) is 7.26. The summed E-state index contributed by atoms with van der Waals surface area (Å²) in [6.45, 7) is 0.336. The van der Waals surface area contributed by atoms with Gasteiger partial charge < -0.3 is 10.1 Å². The molecule has 1 amide bonds. The highest BCUT2D eigenvalue weighted by Gasteiger charge is 2.10. The number of nitrogens with one attached hydrogen (secondary N) is 1. The number of carbonyl (C=O) groups excluding carboxylic acids is 1. The van der Waals surface area contributed by atoms with Gasteiger partial charge in [-0.1, -0.05) is 36.4 Å². The normalized spacial score (nSPS) is 10.2. The van der Waals surface area contributed by atoms with Crippen LogP contribution < -0.4 is 10.1 Å². The lowest BCUT2D eigenvalue weighted by Crippen LogP contribution is -2.14. The largest absolute Gasteiger partial charge is 0.473 e. The first-order valence-electron chi connectivity index (χ1n) is 7.26. The summed E-state index contributed by atoms with van der Waals surface area (Å²) < 4.78 is 18.7. The number of carbonyl (C=O) groups is 1. The Morgan fingerprint density at radius 1 is 1.04 bits per heavy atom. The van der Waals surface area contributed by atoms with Crippen LogP contribution in [0.25, 0.3) is 0 Å². The van der Waals surface area contributed by atoms with Crippen LogP contribution in [0.2, 0.25) is 0 Å². The molecule has 6 heteroatoms. The molecule has 0 spiro atoms. The summed E-state index contributed by atoms with van der Waals surface area (Å²) in [6, 6.07) is 16.7. The van der Waals surface area contributed by atoms with Gasteiger partial charge in [0.2, 0.25) is 5.88 Å². The van der Waals surface area contributed by atoms with Crippen LogP contribution in [-0.2, 0) is 6.61 Å². The summed E-state index contributed by atoms with van der Waals surface area (Å²) in [5, 5.41) is 2.58. The summed E-state index contributed by atoms with van der Waals surface area (Å²) in [5.41, 5.74) is 1.48. The highest BCUT2D eigenvalue weighted by atomic mass is 19.1. The van der Waals surface area contributed by atoms with E-state index < -0.39 is 11.7 Å². The van der Waals surface area contributed by atoms with E-state index in [-0.39, 0.29) is 5.69 Å². The van der Waals surface area contributed by atoms with Crippen molar-refractivity contribution in [2.24, 2.45) is 0 Å². The number of amides is 1. The third kappa shape index (κ3) is 4.13. The molecule has 3 aromatic rings. The summed E-state index contributed by atoms with van der Waals surface area (Å²) in [4.78, 5) is 20.1. The van der Waals surface area contributed by atoms with Crippen molar-refractivity contribution in [2.45, 2.75) is 6.61 Å². The quantitative estimate of drug-likeness (QED) is 0.781. The van der Waals surface area contributed by atoms with Crippen molar-refractivity contribution < 1.29 is 13.9 Å². The van der Waals surface area contributed by atoms with Crippen LogP contribution in [0.3, 0.4) is 0 Å². The number of nitrogens with zero attached hydrogens (tertiary/aromatic N) is 2. The van der Waals surface area contributed by atoms with Gasteiger partial charge >= 0.3 is 0 Å². The summed E-state index contributed by atoms with van der Waals surface area (Å²) in [5.74, 6) is -0.604. The fraction of sp³-hybridized carbons (Fsp3) is 0.0556. The maximum Gasteiger partial charge on any atom is 0.274 e. The molecule has 0 unspecified atom stereocenters. The Bertz CT molecular complexity index is 840. The summed E-state index contributed by atoms with van der Waals surface area (Å²) >= 11 is 0. The summed E-state index contributed by atoms with van der Waals surface area (Å²) in [6.07, 6.45) is 1.25. The van der Waals surface area contributed by atoms with Crippen molar-refractivity contribution in [3.05, 3.63) is 84.1 Å². The predicted molar refractivity (Wildman–Crippen MR) is 87.2 cm³/mol. The smallest absolute Gasteiger partial charge is 0.274 e. The lowest BCUT2D eigenvalue weighted by molar-refractivity contribution is 0.102. The van der Waals surface area contributed by atoms with Crippen molar-refractivity contribution in [1.82, 2.24) is 9.97 Å². The molecule has 24 heavy (non-hydrogen) atoms. The van der Waals surface area contributed by atoms with Crippen LogP contribution in [0.5, 0.6) is 5.88 Å². The van der Waals surface area contributed by atoms with Gasteiger partial charge in [-0.2, -0.15) is 0 Å². The standard InChI is InChI=1S/C18H14FN3O2/c19-14-7-4-8-15(9-14)22-18(23)16-10-17(21-12-20-16)24-11-13-5-2-1-3-6-13/h1-10,12H,11H2,(H,22,23). The van der Waals surface area contributed by atoms with Crippen LogP contribution in [0.1, 0.15) is 16.1 Å². The fourth-order valence-electron chi connectivity index (χ4n) is 2.04. The Morgan fingerprint density at radius 2 is 1.88 bits per heavy atom. The van der Waals surface area contributed by atoms with E-state index in [4.69, 9.17) is 4.74 Å². The molecule has 120 valence electrons. The number of aromatic nitrogens is 2. The van der Waals surface area contributed by atoms with Gasteiger partial charge in [-0.3, -0.25) is 4.79 Å². The Labute approximate surface area is 138 Å². The van der Waals surface area contributed by atoms with Crippen molar-refractivity contribution in [3.8, 4) is 5.88 Å². The number of hydrogen-bond donors (Lipinski definition) is 1. The van der Waals surface area contributed by atoms with Crippen molar-refractivity contribution in [1.29, 1.82) is 0 Å².